The van der Waals surface area contributed by atoms with Gasteiger partial charge < -0.3 is 20.4 Å². The van der Waals surface area contributed by atoms with Gasteiger partial charge in [0.15, 0.2) is 12.2 Å². The molecule has 0 radical (unpaired) electrons. The molecule has 2 aromatic carbocycles. The molecule has 0 fully saturated rings. The maximum absolute atomic E-state index is 12.7. The van der Waals surface area contributed by atoms with E-state index in [-0.39, 0.29) is 0 Å². The lowest BCUT2D eigenvalue weighted by Gasteiger charge is -2.24. The Labute approximate surface area is 179 Å². The number of amides is 2. The number of hydrogen-bond donors (Lipinski definition) is 3. The normalized spacial score (nSPS) is 15.8. The summed E-state index contributed by atoms with van der Waals surface area (Å²) in [5, 5.41) is 27.5. The smallest absolute Gasteiger partial charge is 0.259 e. The Bertz CT molecular complexity index is 1070. The molecule has 3 N–H and O–H groups in total. The molecule has 8 heteroatoms. The second-order valence-corrected chi connectivity index (χ2v) is 7.53. The summed E-state index contributed by atoms with van der Waals surface area (Å²) >= 11 is 0. The summed E-state index contributed by atoms with van der Waals surface area (Å²) < 4.78 is 1.72. The molecular formula is C23H24N4O4. The average molecular weight is 420 g/mol. The third-order valence-electron chi connectivity index (χ3n) is 5.49. The molecule has 0 bridgehead atoms. The lowest BCUT2D eigenvalue weighted by atomic mass is 10.1. The quantitative estimate of drug-likeness (QED) is 0.558. The molecule has 0 saturated heterocycles. The molecule has 160 valence electrons. The molecule has 31 heavy (non-hydrogen) atoms. The van der Waals surface area contributed by atoms with Crippen molar-refractivity contribution in [2.45, 2.75) is 31.6 Å². The van der Waals surface area contributed by atoms with Crippen molar-refractivity contribution in [3.8, 4) is 5.69 Å². The van der Waals surface area contributed by atoms with Crippen LogP contribution in [0.1, 0.15) is 24.1 Å². The Morgan fingerprint density at radius 3 is 2.48 bits per heavy atom. The minimum Gasteiger partial charge on any atom is -0.380 e. The second-order valence-electron chi connectivity index (χ2n) is 7.53. The fourth-order valence-corrected chi connectivity index (χ4v) is 3.72. The first-order valence-corrected chi connectivity index (χ1v) is 10.1. The first-order chi connectivity index (χ1) is 15.0. The number of aromatic nitrogens is 2. The van der Waals surface area contributed by atoms with Crippen LogP contribution in [0.4, 0.5) is 5.69 Å². The van der Waals surface area contributed by atoms with E-state index in [0.29, 0.717) is 18.7 Å². The van der Waals surface area contributed by atoms with Gasteiger partial charge in [-0.1, -0.05) is 30.3 Å². The number of aliphatic hydroxyl groups excluding tert-OH is 2. The summed E-state index contributed by atoms with van der Waals surface area (Å²) in [6, 6.07) is 16.2. The van der Waals surface area contributed by atoms with E-state index >= 15 is 0 Å². The molecule has 3 aromatic rings. The number of rotatable bonds is 6. The van der Waals surface area contributed by atoms with E-state index in [9.17, 15) is 19.8 Å². The Morgan fingerprint density at radius 2 is 1.77 bits per heavy atom. The number of nitrogens with zero attached hydrogens (tertiary/aromatic N) is 3. The number of carbonyl (C=O) groups excluding carboxylic acids is 2. The minimum absolute atomic E-state index is 0.405. The van der Waals surface area contributed by atoms with Crippen LogP contribution >= 0.6 is 0 Å². The van der Waals surface area contributed by atoms with Crippen LogP contribution in [-0.4, -0.2) is 50.6 Å². The summed E-state index contributed by atoms with van der Waals surface area (Å²) in [7, 11) is 0. The van der Waals surface area contributed by atoms with Crippen molar-refractivity contribution in [3.05, 3.63) is 78.1 Å². The van der Waals surface area contributed by atoms with E-state index in [0.717, 1.165) is 16.8 Å². The molecule has 1 aliphatic rings. The molecule has 1 aromatic heterocycles. The third kappa shape index (κ3) is 4.21. The largest absolute Gasteiger partial charge is 0.380 e. The Kier molecular flexibility index (Phi) is 5.83. The highest BCUT2D eigenvalue weighted by molar-refractivity contribution is 6.01. The fourth-order valence-electron chi connectivity index (χ4n) is 3.72. The summed E-state index contributed by atoms with van der Waals surface area (Å²) in [4.78, 5) is 26.6. The molecular weight excluding hydrogens is 396 g/mol. The summed E-state index contributed by atoms with van der Waals surface area (Å²) in [6.45, 7) is 2.17. The number of nitrogens with one attached hydrogen (secondary N) is 1. The number of hydrogen-bond acceptors (Lipinski definition) is 5. The summed E-state index contributed by atoms with van der Waals surface area (Å²) in [5.41, 5.74) is 3.38. The van der Waals surface area contributed by atoms with Crippen molar-refractivity contribution in [2.75, 3.05) is 11.4 Å². The molecule has 3 atom stereocenters. The van der Waals surface area contributed by atoms with Gasteiger partial charge in [0.05, 0.1) is 11.7 Å². The number of anilines is 1. The van der Waals surface area contributed by atoms with Gasteiger partial charge in [0.1, 0.15) is 0 Å². The first kappa shape index (κ1) is 20.8. The molecule has 8 nitrogen and oxygen atoms in total. The van der Waals surface area contributed by atoms with Gasteiger partial charge >= 0.3 is 0 Å². The van der Waals surface area contributed by atoms with Gasteiger partial charge in [0, 0.05) is 24.6 Å². The van der Waals surface area contributed by atoms with E-state index in [1.165, 1.54) is 4.90 Å². The zero-order valence-electron chi connectivity index (χ0n) is 17.0. The zero-order chi connectivity index (χ0) is 22.0. The topological polar surface area (TPSA) is 108 Å². The molecule has 4 rings (SSSR count). The van der Waals surface area contributed by atoms with Gasteiger partial charge in [0.25, 0.3) is 11.8 Å². The first-order valence-electron chi connectivity index (χ1n) is 10.1. The van der Waals surface area contributed by atoms with Crippen LogP contribution < -0.4 is 10.2 Å². The fraction of sp³-hybridized carbons (Fsp3) is 0.261. The molecule has 2 heterocycles. The molecule has 2 amide bonds. The highest BCUT2D eigenvalue weighted by Crippen LogP contribution is 2.28. The Morgan fingerprint density at radius 1 is 1.03 bits per heavy atom. The third-order valence-corrected chi connectivity index (χ3v) is 5.49. The number of carbonyl (C=O) groups is 2. The van der Waals surface area contributed by atoms with Crippen molar-refractivity contribution in [1.82, 2.24) is 15.1 Å². The SMILES string of the molecule is C[C@@H](NC(=O)[C@H](O)[C@@H](O)C(=O)N1CCc2ccccc21)c1ccc(-n2cccn2)cc1. The van der Waals surface area contributed by atoms with Crippen molar-refractivity contribution >= 4 is 17.5 Å². The van der Waals surface area contributed by atoms with Crippen molar-refractivity contribution in [2.24, 2.45) is 0 Å². The van der Waals surface area contributed by atoms with E-state index in [1.807, 2.05) is 48.7 Å². The highest BCUT2D eigenvalue weighted by atomic mass is 16.3. The molecule has 0 unspecified atom stereocenters. The molecule has 0 spiro atoms. The maximum Gasteiger partial charge on any atom is 0.259 e. The van der Waals surface area contributed by atoms with Crippen molar-refractivity contribution < 1.29 is 19.8 Å². The van der Waals surface area contributed by atoms with Gasteiger partial charge in [0.2, 0.25) is 0 Å². The predicted octanol–water partition coefficient (Wildman–Crippen LogP) is 1.36. The van der Waals surface area contributed by atoms with Crippen LogP contribution in [0, 0.1) is 0 Å². The number of para-hydroxylation sites is 1. The van der Waals surface area contributed by atoms with E-state index < -0.39 is 30.1 Å². The van der Waals surface area contributed by atoms with E-state index in [2.05, 4.69) is 10.4 Å². The van der Waals surface area contributed by atoms with Crippen LogP contribution in [0.5, 0.6) is 0 Å². The summed E-state index contributed by atoms with van der Waals surface area (Å²) in [6.07, 6.45) is 0.466. The van der Waals surface area contributed by atoms with E-state index in [4.69, 9.17) is 0 Å². The lowest BCUT2D eigenvalue weighted by Crippen LogP contribution is -2.51. The minimum atomic E-state index is -1.87. The van der Waals surface area contributed by atoms with Crippen LogP contribution in [0.15, 0.2) is 67.0 Å². The monoisotopic (exact) mass is 420 g/mol. The van der Waals surface area contributed by atoms with Gasteiger partial charge in [-0.05, 0) is 48.7 Å². The summed E-state index contributed by atoms with van der Waals surface area (Å²) in [5.74, 6) is -1.50. The van der Waals surface area contributed by atoms with E-state index in [1.54, 1.807) is 29.9 Å². The van der Waals surface area contributed by atoms with Gasteiger partial charge in [-0.2, -0.15) is 5.10 Å². The van der Waals surface area contributed by atoms with Crippen LogP contribution in [-0.2, 0) is 16.0 Å². The number of aliphatic hydroxyl groups is 2. The molecule has 0 aliphatic carbocycles. The van der Waals surface area contributed by atoms with Crippen LogP contribution in [0.2, 0.25) is 0 Å². The molecule has 0 saturated carbocycles. The predicted molar refractivity (Wildman–Crippen MR) is 115 cm³/mol. The standard InChI is InChI=1S/C23H24N4O4/c1-15(16-7-9-18(10-8-16)27-13-4-12-24-27)25-22(30)20(28)21(29)23(31)26-14-11-17-5-2-3-6-19(17)26/h2-10,12-13,15,20-21,28-29H,11,14H2,1H3,(H,25,30)/t15-,20-,21-/m1/s1. The zero-order valence-corrected chi connectivity index (χ0v) is 17.0. The van der Waals surface area contributed by atoms with Gasteiger partial charge in [-0.3, -0.25) is 9.59 Å². The van der Waals surface area contributed by atoms with Crippen LogP contribution in [0.3, 0.4) is 0 Å². The second kappa shape index (κ2) is 8.71. The molecule has 1 aliphatic heterocycles. The average Bonchev–Trinajstić information content (AvgIpc) is 3.48. The number of benzene rings is 2. The lowest BCUT2D eigenvalue weighted by molar-refractivity contribution is -0.144. The van der Waals surface area contributed by atoms with Crippen LogP contribution in [0.25, 0.3) is 5.69 Å². The van der Waals surface area contributed by atoms with Gasteiger partial charge in [-0.25, -0.2) is 4.68 Å². The maximum atomic E-state index is 12.7. The van der Waals surface area contributed by atoms with Crippen molar-refractivity contribution in [3.63, 3.8) is 0 Å². The number of fused-ring (bicyclic) bond motifs is 1. The van der Waals surface area contributed by atoms with Crippen molar-refractivity contribution in [1.29, 1.82) is 0 Å². The Balaban J connectivity index is 1.38. The Hall–Kier alpha value is -3.49. The van der Waals surface area contributed by atoms with Gasteiger partial charge in [-0.15, -0.1) is 0 Å². The highest BCUT2D eigenvalue weighted by Gasteiger charge is 2.36.